The summed E-state index contributed by atoms with van der Waals surface area (Å²) < 4.78 is 2.12. The minimum absolute atomic E-state index is 0.237. The predicted octanol–water partition coefficient (Wildman–Crippen LogP) is 4.86. The molecule has 1 atom stereocenters. The number of Topliss-reactive ketones (excluding diaryl/α,β-unsaturated/α-hetero) is 1. The van der Waals surface area contributed by atoms with Crippen molar-refractivity contribution in [1.82, 2.24) is 4.57 Å². The van der Waals surface area contributed by atoms with E-state index >= 15 is 0 Å². The van der Waals surface area contributed by atoms with Crippen molar-refractivity contribution < 1.29 is 4.79 Å². The lowest BCUT2D eigenvalue weighted by atomic mass is 9.88. The van der Waals surface area contributed by atoms with Crippen LogP contribution in [0.15, 0.2) is 24.3 Å². The molecule has 1 aliphatic rings. The van der Waals surface area contributed by atoms with E-state index < -0.39 is 0 Å². The fraction of sp³-hybridized carbons (Fsp3) is 0.312. The Hall–Kier alpha value is -1.25. The summed E-state index contributed by atoms with van der Waals surface area (Å²) >= 11 is 12.1. The van der Waals surface area contributed by atoms with E-state index in [2.05, 4.69) is 11.5 Å². The third-order valence-corrected chi connectivity index (χ3v) is 4.56. The number of halogens is 2. The van der Waals surface area contributed by atoms with Gasteiger partial charge in [0.2, 0.25) is 0 Å². The fourth-order valence-electron chi connectivity index (χ4n) is 2.95. The standard InChI is InChI=1S/C16H15Cl2NO/c1-9-5-15-12(16(20)6-9)7-10(2)19(15)11-3-4-13(17)14(18)8-11/h3-4,7-9H,5-6H2,1-2H3/t9-/m1/s1. The Kier molecular flexibility index (Phi) is 3.39. The van der Waals surface area contributed by atoms with Crippen LogP contribution in [-0.4, -0.2) is 10.4 Å². The molecule has 0 spiro atoms. The van der Waals surface area contributed by atoms with Gasteiger partial charge in [-0.2, -0.15) is 0 Å². The molecule has 20 heavy (non-hydrogen) atoms. The Bertz CT molecular complexity index is 703. The molecule has 2 aromatic rings. The molecule has 0 saturated heterocycles. The first-order valence-corrected chi connectivity index (χ1v) is 7.43. The molecule has 104 valence electrons. The van der Waals surface area contributed by atoms with Crippen molar-refractivity contribution in [2.75, 3.05) is 0 Å². The van der Waals surface area contributed by atoms with Gasteiger partial charge in [-0.1, -0.05) is 30.1 Å². The normalized spacial score (nSPS) is 18.2. The monoisotopic (exact) mass is 307 g/mol. The highest BCUT2D eigenvalue weighted by Crippen LogP contribution is 2.32. The van der Waals surface area contributed by atoms with Crippen LogP contribution in [0.2, 0.25) is 10.0 Å². The summed E-state index contributed by atoms with van der Waals surface area (Å²) in [4.78, 5) is 12.2. The molecule has 1 aromatic carbocycles. The number of ketones is 1. The molecule has 0 saturated carbocycles. The topological polar surface area (TPSA) is 22.0 Å². The number of hydrogen-bond acceptors (Lipinski definition) is 1. The highest BCUT2D eigenvalue weighted by Gasteiger charge is 2.27. The molecular weight excluding hydrogens is 293 g/mol. The van der Waals surface area contributed by atoms with Gasteiger partial charge in [-0.3, -0.25) is 4.79 Å². The zero-order valence-corrected chi connectivity index (χ0v) is 12.9. The average Bonchev–Trinajstić information content (AvgIpc) is 2.70. The first kappa shape index (κ1) is 13.7. The van der Waals surface area contributed by atoms with E-state index in [1.807, 2.05) is 25.1 Å². The number of aryl methyl sites for hydroxylation is 1. The van der Waals surface area contributed by atoms with Crippen molar-refractivity contribution in [1.29, 1.82) is 0 Å². The van der Waals surface area contributed by atoms with Gasteiger partial charge in [0.1, 0.15) is 0 Å². The molecular formula is C16H15Cl2NO. The van der Waals surface area contributed by atoms with E-state index in [0.717, 1.165) is 29.1 Å². The molecule has 0 radical (unpaired) electrons. The predicted molar refractivity (Wildman–Crippen MR) is 82.3 cm³/mol. The second-order valence-electron chi connectivity index (χ2n) is 5.52. The Labute approximate surface area is 128 Å². The van der Waals surface area contributed by atoms with Crippen molar-refractivity contribution in [2.45, 2.75) is 26.7 Å². The highest BCUT2D eigenvalue weighted by atomic mass is 35.5. The largest absolute Gasteiger partial charge is 0.317 e. The lowest BCUT2D eigenvalue weighted by Crippen LogP contribution is -2.19. The van der Waals surface area contributed by atoms with Gasteiger partial charge in [-0.05, 0) is 43.5 Å². The van der Waals surface area contributed by atoms with Crippen LogP contribution in [0.4, 0.5) is 0 Å². The van der Waals surface area contributed by atoms with Gasteiger partial charge < -0.3 is 4.57 Å². The summed E-state index contributed by atoms with van der Waals surface area (Å²) in [7, 11) is 0. The second-order valence-corrected chi connectivity index (χ2v) is 6.33. The molecule has 3 rings (SSSR count). The van der Waals surface area contributed by atoms with Crippen LogP contribution < -0.4 is 0 Å². The third-order valence-electron chi connectivity index (χ3n) is 3.82. The molecule has 2 nitrogen and oxygen atoms in total. The molecule has 0 fully saturated rings. The van der Waals surface area contributed by atoms with Crippen LogP contribution in [0.25, 0.3) is 5.69 Å². The van der Waals surface area contributed by atoms with E-state index in [1.165, 1.54) is 0 Å². The Morgan fingerprint density at radius 1 is 1.15 bits per heavy atom. The highest BCUT2D eigenvalue weighted by molar-refractivity contribution is 6.42. The summed E-state index contributed by atoms with van der Waals surface area (Å²) in [6, 6.07) is 7.55. The van der Waals surface area contributed by atoms with Crippen LogP contribution in [-0.2, 0) is 6.42 Å². The molecule has 0 N–H and O–H groups in total. The smallest absolute Gasteiger partial charge is 0.164 e. The second kappa shape index (κ2) is 4.94. The molecule has 1 aliphatic carbocycles. The van der Waals surface area contributed by atoms with E-state index in [1.54, 1.807) is 6.07 Å². The van der Waals surface area contributed by atoms with E-state index in [9.17, 15) is 4.79 Å². The van der Waals surface area contributed by atoms with Gasteiger partial charge >= 0.3 is 0 Å². The van der Waals surface area contributed by atoms with E-state index in [0.29, 0.717) is 22.4 Å². The molecule has 1 aromatic heterocycles. The van der Waals surface area contributed by atoms with Gasteiger partial charge in [-0.25, -0.2) is 0 Å². The van der Waals surface area contributed by atoms with Crippen LogP contribution >= 0.6 is 23.2 Å². The Balaban J connectivity index is 2.19. The maximum absolute atomic E-state index is 12.2. The molecule has 1 heterocycles. The van der Waals surface area contributed by atoms with Crippen molar-refractivity contribution in [2.24, 2.45) is 5.92 Å². The molecule has 0 amide bonds. The number of fused-ring (bicyclic) bond motifs is 1. The lowest BCUT2D eigenvalue weighted by molar-refractivity contribution is 0.0952. The number of carbonyl (C=O) groups is 1. The van der Waals surface area contributed by atoms with Gasteiger partial charge in [-0.15, -0.1) is 0 Å². The van der Waals surface area contributed by atoms with Crippen LogP contribution in [0.1, 0.15) is 35.1 Å². The number of carbonyl (C=O) groups excluding carboxylic acids is 1. The van der Waals surface area contributed by atoms with Crippen LogP contribution in [0.5, 0.6) is 0 Å². The summed E-state index contributed by atoms with van der Waals surface area (Å²) in [6.07, 6.45) is 1.55. The Morgan fingerprint density at radius 3 is 2.60 bits per heavy atom. The van der Waals surface area contributed by atoms with Gasteiger partial charge in [0.25, 0.3) is 0 Å². The molecule has 0 aliphatic heterocycles. The zero-order chi connectivity index (χ0) is 14.4. The zero-order valence-electron chi connectivity index (χ0n) is 11.4. The van der Waals surface area contributed by atoms with Gasteiger partial charge in [0, 0.05) is 29.1 Å². The summed E-state index contributed by atoms with van der Waals surface area (Å²) in [6.45, 7) is 4.13. The van der Waals surface area contributed by atoms with E-state index in [-0.39, 0.29) is 5.78 Å². The SMILES string of the molecule is Cc1cc2c(n1-c1ccc(Cl)c(Cl)c1)C[C@@H](C)CC2=O. The minimum Gasteiger partial charge on any atom is -0.317 e. The fourth-order valence-corrected chi connectivity index (χ4v) is 3.24. The number of hydrogen-bond donors (Lipinski definition) is 0. The summed E-state index contributed by atoms with van der Waals surface area (Å²) in [5.74, 6) is 0.617. The molecule has 0 unspecified atom stereocenters. The molecule has 4 heteroatoms. The number of aromatic nitrogens is 1. The van der Waals surface area contributed by atoms with Gasteiger partial charge in [0.05, 0.1) is 10.0 Å². The number of rotatable bonds is 1. The maximum atomic E-state index is 12.2. The number of benzene rings is 1. The van der Waals surface area contributed by atoms with Crippen LogP contribution in [0, 0.1) is 12.8 Å². The van der Waals surface area contributed by atoms with Crippen LogP contribution in [0.3, 0.4) is 0 Å². The summed E-state index contributed by atoms with van der Waals surface area (Å²) in [5, 5.41) is 1.07. The first-order chi connectivity index (χ1) is 9.47. The quantitative estimate of drug-likeness (QED) is 0.737. The minimum atomic E-state index is 0.237. The maximum Gasteiger partial charge on any atom is 0.164 e. The molecule has 0 bridgehead atoms. The number of nitrogens with zero attached hydrogens (tertiary/aromatic N) is 1. The van der Waals surface area contributed by atoms with Crippen molar-refractivity contribution in [3.8, 4) is 5.69 Å². The van der Waals surface area contributed by atoms with E-state index in [4.69, 9.17) is 23.2 Å². The summed E-state index contributed by atoms with van der Waals surface area (Å²) in [5.41, 5.74) is 3.95. The Morgan fingerprint density at radius 2 is 1.90 bits per heavy atom. The third kappa shape index (κ3) is 2.17. The van der Waals surface area contributed by atoms with Gasteiger partial charge in [0.15, 0.2) is 5.78 Å². The first-order valence-electron chi connectivity index (χ1n) is 6.67. The van der Waals surface area contributed by atoms with Crippen molar-refractivity contribution >= 4 is 29.0 Å². The lowest BCUT2D eigenvalue weighted by Gasteiger charge is -2.21. The van der Waals surface area contributed by atoms with Crippen molar-refractivity contribution in [3.05, 3.63) is 51.3 Å². The average molecular weight is 308 g/mol. The van der Waals surface area contributed by atoms with Crippen molar-refractivity contribution in [3.63, 3.8) is 0 Å².